The first-order valence-electron chi connectivity index (χ1n) is 21.1. The molecule has 0 aliphatic carbocycles. The summed E-state index contributed by atoms with van der Waals surface area (Å²) in [6.45, 7) is 0. The van der Waals surface area contributed by atoms with E-state index in [0.717, 1.165) is 17.1 Å². The topological polar surface area (TPSA) is 14.8 Å². The van der Waals surface area contributed by atoms with Gasteiger partial charge in [-0.15, -0.1) is 0 Å². The average Bonchev–Trinajstić information content (AvgIpc) is 3.97. The van der Waals surface area contributed by atoms with Crippen LogP contribution in [0, 0.1) is 0 Å². The Labute approximate surface area is 350 Å². The van der Waals surface area contributed by atoms with Crippen molar-refractivity contribution < 1.29 is 0 Å². The summed E-state index contributed by atoms with van der Waals surface area (Å²) in [5.74, 6) is 0. The fourth-order valence-electron chi connectivity index (χ4n) is 10.9. The molecule has 3 heterocycles. The van der Waals surface area contributed by atoms with Crippen LogP contribution < -0.4 is 0 Å². The van der Waals surface area contributed by atoms with Gasteiger partial charge < -0.3 is 13.7 Å². The predicted molar refractivity (Wildman–Crippen MR) is 259 cm³/mol. The van der Waals surface area contributed by atoms with Gasteiger partial charge >= 0.3 is 0 Å². The third-order valence-corrected chi connectivity index (χ3v) is 13.3. The van der Waals surface area contributed by atoms with Crippen molar-refractivity contribution >= 4 is 97.7 Å². The highest BCUT2D eigenvalue weighted by Crippen LogP contribution is 2.50. The Morgan fingerprint density at radius 2 is 0.770 bits per heavy atom. The van der Waals surface area contributed by atoms with Crippen molar-refractivity contribution in [3.05, 3.63) is 212 Å². The highest BCUT2D eigenvalue weighted by Gasteiger charge is 2.25. The molecule has 61 heavy (non-hydrogen) atoms. The first-order valence-corrected chi connectivity index (χ1v) is 21.1. The summed E-state index contributed by atoms with van der Waals surface area (Å²) in [4.78, 5) is 0. The van der Waals surface area contributed by atoms with E-state index < -0.39 is 0 Å². The number of fused-ring (bicyclic) bond motifs is 11. The number of rotatable bonds is 4. The maximum absolute atomic E-state index is 2.58. The molecule has 0 aliphatic heterocycles. The first kappa shape index (κ1) is 32.8. The van der Waals surface area contributed by atoms with Crippen LogP contribution in [0.4, 0.5) is 0 Å². The molecule has 3 nitrogen and oxygen atoms in total. The Morgan fingerprint density at radius 1 is 0.246 bits per heavy atom. The second-order valence-corrected chi connectivity index (χ2v) is 16.4. The van der Waals surface area contributed by atoms with Crippen LogP contribution in [-0.4, -0.2) is 13.7 Å². The minimum absolute atomic E-state index is 1.15. The van der Waals surface area contributed by atoms with Crippen molar-refractivity contribution in [1.82, 2.24) is 13.7 Å². The molecule has 0 fully saturated rings. The van der Waals surface area contributed by atoms with E-state index in [9.17, 15) is 0 Å². The van der Waals surface area contributed by atoms with Crippen LogP contribution in [0.25, 0.3) is 126 Å². The van der Waals surface area contributed by atoms with Gasteiger partial charge in [-0.2, -0.15) is 0 Å². The van der Waals surface area contributed by atoms with E-state index in [4.69, 9.17) is 0 Å². The molecule has 0 saturated carbocycles. The van der Waals surface area contributed by atoms with Gasteiger partial charge in [0.25, 0.3) is 0 Å². The van der Waals surface area contributed by atoms with E-state index in [1.54, 1.807) is 0 Å². The molecule has 14 aromatic rings. The number of para-hydroxylation sites is 4. The van der Waals surface area contributed by atoms with Crippen molar-refractivity contribution in [2.45, 2.75) is 0 Å². The molecule has 0 unspecified atom stereocenters. The monoisotopic (exact) mass is 773 g/mol. The second-order valence-electron chi connectivity index (χ2n) is 16.4. The molecule has 0 bridgehead atoms. The largest absolute Gasteiger partial charge is 0.309 e. The lowest BCUT2D eigenvalue weighted by Gasteiger charge is -2.14. The molecule has 0 amide bonds. The predicted octanol–water partition coefficient (Wildman–Crippen LogP) is 15.5. The first-order chi connectivity index (χ1) is 30.3. The van der Waals surface area contributed by atoms with Crippen LogP contribution in [0.15, 0.2) is 212 Å². The number of nitrogens with zero attached hydrogens (tertiary/aromatic N) is 3. The lowest BCUT2D eigenvalue weighted by Crippen LogP contribution is -1.97. The Kier molecular flexibility index (Phi) is 6.56. The van der Waals surface area contributed by atoms with E-state index in [0.29, 0.717) is 0 Å². The van der Waals surface area contributed by atoms with E-state index in [1.807, 2.05) is 0 Å². The molecular formula is C58H35N3. The van der Waals surface area contributed by atoms with Gasteiger partial charge in [0.2, 0.25) is 0 Å². The van der Waals surface area contributed by atoms with E-state index in [2.05, 4.69) is 226 Å². The molecule has 14 rings (SSSR count). The molecule has 282 valence electrons. The third kappa shape index (κ3) is 4.42. The minimum Gasteiger partial charge on any atom is -0.309 e. The zero-order valence-electron chi connectivity index (χ0n) is 33.0. The van der Waals surface area contributed by atoms with Gasteiger partial charge in [-0.3, -0.25) is 0 Å². The summed E-state index contributed by atoms with van der Waals surface area (Å²) < 4.78 is 7.39. The van der Waals surface area contributed by atoms with Crippen LogP contribution in [0.3, 0.4) is 0 Å². The SMILES string of the molecule is c1ccc(-n2c3ccccc3c3cc(-c4ccc5c6ccccc6c6c7ccccc7cc7c6c5c4n7-c4ccc5c(c4)c4ccccc4n5-c4ccccc4)ccc32)cc1. The quantitative estimate of drug-likeness (QED) is 0.158. The van der Waals surface area contributed by atoms with Crippen molar-refractivity contribution in [3.63, 3.8) is 0 Å². The summed E-state index contributed by atoms with van der Waals surface area (Å²) >= 11 is 0. The molecule has 3 heteroatoms. The molecule has 0 N–H and O–H groups in total. The lowest BCUT2D eigenvalue weighted by molar-refractivity contribution is 1.17. The molecule has 0 spiro atoms. The van der Waals surface area contributed by atoms with Crippen LogP contribution in [0.1, 0.15) is 0 Å². The standard InChI is InChI=1S/C58H35N3/c1-3-16-38(17-4-1)59-50-25-13-11-22-44(50)48-33-37(27-31-52(48)59)42-29-30-47-43-21-9-10-24-46(43)55-41-20-8-7-15-36(41)34-54-57(55)56(47)58(42)61(54)40-28-32-53-49(35-40)45-23-12-14-26-51(45)60(53)39-18-5-2-6-19-39/h1-35H. The van der Waals surface area contributed by atoms with Crippen LogP contribution in [0.5, 0.6) is 0 Å². The number of hydrogen-bond acceptors (Lipinski definition) is 0. The molecule has 11 aromatic carbocycles. The average molecular weight is 774 g/mol. The van der Waals surface area contributed by atoms with Crippen LogP contribution in [-0.2, 0) is 0 Å². The van der Waals surface area contributed by atoms with Crippen LogP contribution in [0.2, 0.25) is 0 Å². The van der Waals surface area contributed by atoms with Crippen LogP contribution >= 0.6 is 0 Å². The minimum atomic E-state index is 1.15. The summed E-state index contributed by atoms with van der Waals surface area (Å²) in [6.07, 6.45) is 0. The maximum atomic E-state index is 2.58. The van der Waals surface area contributed by atoms with Crippen molar-refractivity contribution in [2.24, 2.45) is 0 Å². The van der Waals surface area contributed by atoms with Gasteiger partial charge in [-0.1, -0.05) is 140 Å². The van der Waals surface area contributed by atoms with Gasteiger partial charge in [-0.05, 0) is 105 Å². The molecular weight excluding hydrogens is 739 g/mol. The number of aromatic nitrogens is 3. The Balaban J connectivity index is 1.14. The van der Waals surface area contributed by atoms with Gasteiger partial charge in [0.05, 0.1) is 33.1 Å². The normalized spacial score (nSPS) is 12.3. The zero-order chi connectivity index (χ0) is 39.8. The third-order valence-electron chi connectivity index (χ3n) is 13.3. The molecule has 0 saturated heterocycles. The Morgan fingerprint density at radius 3 is 1.46 bits per heavy atom. The van der Waals surface area contributed by atoms with Crippen molar-refractivity contribution in [2.75, 3.05) is 0 Å². The van der Waals surface area contributed by atoms with E-state index in [1.165, 1.54) is 109 Å². The maximum Gasteiger partial charge on any atom is 0.0625 e. The Bertz CT molecular complexity index is 4090. The summed E-state index contributed by atoms with van der Waals surface area (Å²) in [6, 6.07) is 78.5. The molecule has 0 atom stereocenters. The van der Waals surface area contributed by atoms with Gasteiger partial charge in [0, 0.05) is 60.3 Å². The second kappa shape index (κ2) is 12.2. The van der Waals surface area contributed by atoms with E-state index in [-0.39, 0.29) is 0 Å². The number of hydrogen-bond donors (Lipinski definition) is 0. The highest BCUT2D eigenvalue weighted by atomic mass is 15.0. The molecule has 0 aliphatic rings. The summed E-state index contributed by atoms with van der Waals surface area (Å²) in [7, 11) is 0. The molecule has 3 aromatic heterocycles. The van der Waals surface area contributed by atoms with Gasteiger partial charge in [-0.25, -0.2) is 0 Å². The Hall–Kier alpha value is -8.14. The van der Waals surface area contributed by atoms with Gasteiger partial charge in [0.15, 0.2) is 0 Å². The van der Waals surface area contributed by atoms with Gasteiger partial charge in [0.1, 0.15) is 0 Å². The lowest BCUT2D eigenvalue weighted by atomic mass is 9.89. The van der Waals surface area contributed by atoms with Crippen molar-refractivity contribution in [1.29, 1.82) is 0 Å². The summed E-state index contributed by atoms with van der Waals surface area (Å²) in [5, 5.41) is 15.3. The fraction of sp³-hybridized carbons (Fsp3) is 0. The molecule has 0 radical (unpaired) electrons. The number of benzene rings is 11. The van der Waals surface area contributed by atoms with Crippen molar-refractivity contribution in [3.8, 4) is 28.2 Å². The van der Waals surface area contributed by atoms with E-state index >= 15 is 0 Å². The zero-order valence-corrected chi connectivity index (χ0v) is 33.0. The fourth-order valence-corrected chi connectivity index (χ4v) is 10.9. The summed E-state index contributed by atoms with van der Waals surface area (Å²) in [5.41, 5.74) is 13.2. The highest BCUT2D eigenvalue weighted by molar-refractivity contribution is 6.40. The smallest absolute Gasteiger partial charge is 0.0625 e.